The maximum Gasteiger partial charge on any atom is 0.316 e. The third kappa shape index (κ3) is 4.00. The number of hydrogen-bond acceptors (Lipinski definition) is 5. The van der Waals surface area contributed by atoms with Gasteiger partial charge < -0.3 is 21.1 Å². The van der Waals surface area contributed by atoms with E-state index in [1.54, 1.807) is 23.2 Å². The van der Waals surface area contributed by atoms with Crippen molar-refractivity contribution in [1.82, 2.24) is 0 Å². The number of allylic oxidation sites excluding steroid dienone is 1. The minimum Gasteiger partial charge on any atom is -0.451 e. The molecule has 1 aromatic carbocycles. The Morgan fingerprint density at radius 1 is 1.36 bits per heavy atom. The lowest BCUT2D eigenvalue weighted by Gasteiger charge is -2.36. The van der Waals surface area contributed by atoms with Crippen LogP contribution in [0.1, 0.15) is 44.2 Å². The van der Waals surface area contributed by atoms with Gasteiger partial charge in [0.05, 0.1) is 11.7 Å². The molecular formula is C20H25FN4O3. The summed E-state index contributed by atoms with van der Waals surface area (Å²) < 4.78 is 19.5. The second kappa shape index (κ2) is 8.00. The molecule has 150 valence electrons. The van der Waals surface area contributed by atoms with Gasteiger partial charge in [-0.3, -0.25) is 14.6 Å². The molecular weight excluding hydrogens is 363 g/mol. The van der Waals surface area contributed by atoms with Crippen LogP contribution in [0.2, 0.25) is 0 Å². The molecule has 3 rings (SSSR count). The number of hydrogen-bond donors (Lipinski definition) is 2. The molecule has 2 atom stereocenters. The Morgan fingerprint density at radius 3 is 2.64 bits per heavy atom. The van der Waals surface area contributed by atoms with E-state index in [0.29, 0.717) is 35.2 Å². The van der Waals surface area contributed by atoms with E-state index in [0.717, 1.165) is 12.8 Å². The number of fused-ring (bicyclic) bond motifs is 1. The van der Waals surface area contributed by atoms with E-state index in [4.69, 9.17) is 16.2 Å². The van der Waals surface area contributed by atoms with Gasteiger partial charge >= 0.3 is 6.36 Å². The molecule has 1 aliphatic heterocycles. The van der Waals surface area contributed by atoms with E-state index in [2.05, 4.69) is 4.99 Å². The first-order chi connectivity index (χ1) is 13.3. The predicted molar refractivity (Wildman–Crippen MR) is 106 cm³/mol. The highest BCUT2D eigenvalue weighted by molar-refractivity contribution is 6.11. The van der Waals surface area contributed by atoms with Gasteiger partial charge in [0.1, 0.15) is 5.75 Å². The zero-order valence-corrected chi connectivity index (χ0v) is 16.0. The number of aliphatic imine (C=N–C) groups is 1. The van der Waals surface area contributed by atoms with E-state index in [1.165, 1.54) is 13.1 Å². The molecule has 0 unspecified atom stereocenters. The average molecular weight is 388 g/mol. The van der Waals surface area contributed by atoms with Gasteiger partial charge in [-0.1, -0.05) is 0 Å². The number of alkyl halides is 1. The summed E-state index contributed by atoms with van der Waals surface area (Å²) in [6.07, 6.45) is 3.99. The molecule has 1 saturated carbocycles. The van der Waals surface area contributed by atoms with Gasteiger partial charge in [0.25, 0.3) is 5.91 Å². The first-order valence-electron chi connectivity index (χ1n) is 9.34. The number of primary amides is 1. The smallest absolute Gasteiger partial charge is 0.316 e. The van der Waals surface area contributed by atoms with Crippen LogP contribution >= 0.6 is 0 Å². The lowest BCUT2D eigenvalue weighted by molar-refractivity contribution is -0.132. The molecule has 0 spiro atoms. The molecule has 1 aromatic rings. The van der Waals surface area contributed by atoms with Crippen molar-refractivity contribution in [2.45, 2.75) is 58.0 Å². The fraction of sp³-hybridized carbons (Fsp3) is 0.450. The maximum atomic E-state index is 14.1. The fourth-order valence-corrected chi connectivity index (χ4v) is 3.42. The topological polar surface area (TPSA) is 111 Å². The number of ether oxygens (including phenoxy) is 1. The Balaban J connectivity index is 2.11. The van der Waals surface area contributed by atoms with Crippen molar-refractivity contribution >= 4 is 29.3 Å². The van der Waals surface area contributed by atoms with Crippen LogP contribution in [-0.4, -0.2) is 36.5 Å². The highest BCUT2D eigenvalue weighted by Crippen LogP contribution is 2.41. The number of benzene rings is 1. The van der Waals surface area contributed by atoms with Crippen molar-refractivity contribution in [2.75, 3.05) is 4.90 Å². The minimum absolute atomic E-state index is 0.00182. The van der Waals surface area contributed by atoms with Crippen LogP contribution in [0.15, 0.2) is 23.3 Å². The summed E-state index contributed by atoms with van der Waals surface area (Å²) in [5, 5.41) is 0. The zero-order valence-electron chi connectivity index (χ0n) is 16.0. The SMILES string of the molecule is CC(=O)N1c2ccc(C(C=NC3CC3)=CN)c(O[C@H](F)C(N)=O)c2CC[C@@H]1C. The Kier molecular flexibility index (Phi) is 5.67. The summed E-state index contributed by atoms with van der Waals surface area (Å²) >= 11 is 0. The van der Waals surface area contributed by atoms with Gasteiger partial charge in [-0.25, -0.2) is 0 Å². The van der Waals surface area contributed by atoms with Gasteiger partial charge in [-0.15, -0.1) is 0 Å². The largest absolute Gasteiger partial charge is 0.451 e. The lowest BCUT2D eigenvalue weighted by Crippen LogP contribution is -2.41. The zero-order chi connectivity index (χ0) is 20.4. The van der Waals surface area contributed by atoms with Crippen molar-refractivity contribution in [2.24, 2.45) is 16.5 Å². The van der Waals surface area contributed by atoms with E-state index in [9.17, 15) is 14.0 Å². The van der Waals surface area contributed by atoms with Gasteiger partial charge in [0.2, 0.25) is 5.91 Å². The molecule has 2 aliphatic rings. The molecule has 4 N–H and O–H groups in total. The Hall–Kier alpha value is -2.90. The summed E-state index contributed by atoms with van der Waals surface area (Å²) in [6.45, 7) is 3.43. The van der Waals surface area contributed by atoms with Crippen molar-refractivity contribution in [3.63, 3.8) is 0 Å². The van der Waals surface area contributed by atoms with E-state index < -0.39 is 12.3 Å². The molecule has 7 nitrogen and oxygen atoms in total. The van der Waals surface area contributed by atoms with Crippen molar-refractivity contribution < 1.29 is 18.7 Å². The number of nitrogens with zero attached hydrogens (tertiary/aromatic N) is 2. The highest BCUT2D eigenvalue weighted by atomic mass is 19.1. The van der Waals surface area contributed by atoms with Gasteiger partial charge in [0, 0.05) is 42.1 Å². The molecule has 8 heteroatoms. The van der Waals surface area contributed by atoms with Crippen LogP contribution in [0, 0.1) is 0 Å². The van der Waals surface area contributed by atoms with Crippen molar-refractivity contribution in [1.29, 1.82) is 0 Å². The van der Waals surface area contributed by atoms with E-state index >= 15 is 0 Å². The molecule has 2 amide bonds. The summed E-state index contributed by atoms with van der Waals surface area (Å²) in [5.41, 5.74) is 13.2. The highest BCUT2D eigenvalue weighted by Gasteiger charge is 2.31. The Bertz CT molecular complexity index is 848. The average Bonchev–Trinajstić information content (AvgIpc) is 3.47. The summed E-state index contributed by atoms with van der Waals surface area (Å²) in [4.78, 5) is 29.5. The molecule has 1 aliphatic carbocycles. The Morgan fingerprint density at radius 2 is 2.07 bits per heavy atom. The standard InChI is InChI=1S/C20H25FN4O3/c1-11-3-6-16-17(25(11)12(2)26)8-7-15(18(16)28-19(21)20(23)27)13(9-22)10-24-14-4-5-14/h7-11,14,19H,3-6,22H2,1-2H3,(H2,23,27)/t11-,19-/m0/s1. The third-order valence-electron chi connectivity index (χ3n) is 4.99. The van der Waals surface area contributed by atoms with Crippen LogP contribution in [0.5, 0.6) is 5.75 Å². The van der Waals surface area contributed by atoms with E-state index in [1.807, 2.05) is 6.92 Å². The number of anilines is 1. The number of halogens is 1. The molecule has 1 heterocycles. The number of nitrogens with two attached hydrogens (primary N) is 2. The molecule has 28 heavy (non-hydrogen) atoms. The summed E-state index contributed by atoms with van der Waals surface area (Å²) in [6, 6.07) is 3.78. The molecule has 1 fully saturated rings. The number of amides is 2. The normalized spacial score (nSPS) is 20.8. The van der Waals surface area contributed by atoms with Crippen LogP contribution < -0.4 is 21.1 Å². The van der Waals surface area contributed by atoms with Gasteiger partial charge in [-0.2, -0.15) is 4.39 Å². The van der Waals surface area contributed by atoms with Gasteiger partial charge in [0.15, 0.2) is 0 Å². The second-order valence-electron chi connectivity index (χ2n) is 7.18. The van der Waals surface area contributed by atoms with Crippen molar-refractivity contribution in [3.05, 3.63) is 29.5 Å². The van der Waals surface area contributed by atoms with Crippen molar-refractivity contribution in [3.8, 4) is 5.75 Å². The van der Waals surface area contributed by atoms with Crippen LogP contribution in [0.3, 0.4) is 0 Å². The predicted octanol–water partition coefficient (Wildman–Crippen LogP) is 2.07. The van der Waals surface area contributed by atoms with Crippen LogP contribution in [0.25, 0.3) is 5.57 Å². The lowest BCUT2D eigenvalue weighted by atomic mass is 9.92. The van der Waals surface area contributed by atoms with E-state index in [-0.39, 0.29) is 23.7 Å². The molecule has 0 radical (unpaired) electrons. The third-order valence-corrected chi connectivity index (χ3v) is 4.99. The van der Waals surface area contributed by atoms with Crippen LogP contribution in [-0.2, 0) is 16.0 Å². The summed E-state index contributed by atoms with van der Waals surface area (Å²) in [5.74, 6) is -1.18. The fourth-order valence-electron chi connectivity index (χ4n) is 3.42. The second-order valence-corrected chi connectivity index (χ2v) is 7.18. The molecule has 0 bridgehead atoms. The van der Waals surface area contributed by atoms with Crippen LogP contribution in [0.4, 0.5) is 10.1 Å². The first kappa shape index (κ1) is 19.9. The summed E-state index contributed by atoms with van der Waals surface area (Å²) in [7, 11) is 0. The maximum absolute atomic E-state index is 14.1. The number of rotatable bonds is 6. The molecule has 0 aromatic heterocycles. The van der Waals surface area contributed by atoms with Gasteiger partial charge in [-0.05, 0) is 44.7 Å². The minimum atomic E-state index is -2.31. The quantitative estimate of drug-likeness (QED) is 0.727. The Labute approximate surface area is 163 Å². The first-order valence-corrected chi connectivity index (χ1v) is 9.34. The monoisotopic (exact) mass is 388 g/mol. The molecule has 0 saturated heterocycles. The number of carbonyl (C=O) groups is 2. The number of carbonyl (C=O) groups excluding carboxylic acids is 2.